The number of aryl methyl sites for hydroxylation is 1. The molecule has 0 saturated carbocycles. The van der Waals surface area contributed by atoms with Crippen LogP contribution in [0.5, 0.6) is 0 Å². The van der Waals surface area contributed by atoms with Gasteiger partial charge in [0.2, 0.25) is 0 Å². The first-order valence-corrected chi connectivity index (χ1v) is 10.9. The molecule has 0 aliphatic heterocycles. The Labute approximate surface area is 169 Å². The van der Waals surface area contributed by atoms with Crippen LogP contribution in [0.25, 0.3) is 0 Å². The number of hydrogen-bond acceptors (Lipinski definition) is 7. The molecule has 0 radical (unpaired) electrons. The SMILES string of the molecule is C[C@@H](SSCCc1cnccn1)[C@](O)(Cn1cncn1)c1ccc(F)cc1F. The summed E-state index contributed by atoms with van der Waals surface area (Å²) in [6.45, 7) is 1.80. The summed E-state index contributed by atoms with van der Waals surface area (Å²) in [5, 5.41) is 15.0. The van der Waals surface area contributed by atoms with Crippen LogP contribution in [-0.2, 0) is 18.6 Å². The number of aliphatic hydroxyl groups is 1. The minimum absolute atomic E-state index is 0.00552. The molecule has 1 N–H and O–H groups in total. The van der Waals surface area contributed by atoms with Crippen molar-refractivity contribution in [2.24, 2.45) is 0 Å². The molecular weight excluding hydrogens is 404 g/mol. The van der Waals surface area contributed by atoms with Crippen molar-refractivity contribution >= 4 is 21.6 Å². The highest BCUT2D eigenvalue weighted by molar-refractivity contribution is 8.76. The fourth-order valence-corrected chi connectivity index (χ4v) is 5.25. The lowest BCUT2D eigenvalue weighted by Gasteiger charge is -2.34. The number of halogens is 2. The van der Waals surface area contributed by atoms with Gasteiger partial charge in [-0.25, -0.2) is 18.4 Å². The monoisotopic (exact) mass is 423 g/mol. The summed E-state index contributed by atoms with van der Waals surface area (Å²) < 4.78 is 29.3. The van der Waals surface area contributed by atoms with Crippen molar-refractivity contribution in [2.75, 3.05) is 5.75 Å². The summed E-state index contributed by atoms with van der Waals surface area (Å²) in [5.74, 6) is -0.735. The van der Waals surface area contributed by atoms with E-state index in [9.17, 15) is 13.9 Å². The maximum Gasteiger partial charge on any atom is 0.137 e. The Morgan fingerprint density at radius 1 is 1.25 bits per heavy atom. The van der Waals surface area contributed by atoms with E-state index < -0.39 is 22.5 Å². The number of aromatic nitrogens is 5. The van der Waals surface area contributed by atoms with Gasteiger partial charge >= 0.3 is 0 Å². The van der Waals surface area contributed by atoms with E-state index in [4.69, 9.17) is 0 Å². The Bertz CT molecular complexity index is 885. The van der Waals surface area contributed by atoms with Crippen LogP contribution in [0.2, 0.25) is 0 Å². The molecule has 10 heteroatoms. The third-order valence-corrected chi connectivity index (χ3v) is 7.17. The van der Waals surface area contributed by atoms with E-state index in [2.05, 4.69) is 20.1 Å². The van der Waals surface area contributed by atoms with E-state index in [0.717, 1.165) is 30.0 Å². The summed E-state index contributed by atoms with van der Waals surface area (Å²) in [5.41, 5.74) is -0.694. The minimum atomic E-state index is -1.60. The van der Waals surface area contributed by atoms with E-state index in [1.54, 1.807) is 36.3 Å². The number of rotatable bonds is 9. The summed E-state index contributed by atoms with van der Waals surface area (Å²) in [7, 11) is 2.98. The Balaban J connectivity index is 1.72. The van der Waals surface area contributed by atoms with E-state index in [-0.39, 0.29) is 12.1 Å². The first-order valence-electron chi connectivity index (χ1n) is 8.52. The predicted molar refractivity (Wildman–Crippen MR) is 106 cm³/mol. The lowest BCUT2D eigenvalue weighted by atomic mass is 9.90. The van der Waals surface area contributed by atoms with E-state index in [1.807, 2.05) is 0 Å². The lowest BCUT2D eigenvalue weighted by Crippen LogP contribution is -2.41. The Hall–Kier alpha value is -2.04. The van der Waals surface area contributed by atoms with E-state index in [1.165, 1.54) is 34.2 Å². The molecule has 2 atom stereocenters. The van der Waals surface area contributed by atoms with Crippen LogP contribution in [0.4, 0.5) is 8.78 Å². The molecule has 6 nitrogen and oxygen atoms in total. The molecule has 1 aromatic carbocycles. The van der Waals surface area contributed by atoms with Gasteiger partial charge in [-0.05, 0) is 13.0 Å². The quantitative estimate of drug-likeness (QED) is 0.418. The molecule has 0 aliphatic rings. The van der Waals surface area contributed by atoms with Crippen LogP contribution in [0.1, 0.15) is 18.2 Å². The van der Waals surface area contributed by atoms with Crippen molar-refractivity contribution in [1.82, 2.24) is 24.7 Å². The standard InChI is InChI=1S/C18H19F2N5OS2/c1-13(28-27-7-4-15-9-21-5-6-23-15)18(26,10-25-12-22-11-24-25)16-3-2-14(19)8-17(16)20/h2-3,5-6,8-9,11-13,26H,4,7,10H2,1H3/t13-,18-/m1/s1. The Kier molecular flexibility index (Phi) is 6.97. The third-order valence-electron chi connectivity index (χ3n) is 4.21. The molecule has 0 bridgehead atoms. The zero-order valence-electron chi connectivity index (χ0n) is 15.1. The van der Waals surface area contributed by atoms with Crippen LogP contribution in [-0.4, -0.2) is 40.8 Å². The molecule has 0 unspecified atom stereocenters. The maximum absolute atomic E-state index is 14.5. The van der Waals surface area contributed by atoms with Crippen molar-refractivity contribution in [2.45, 2.75) is 30.7 Å². The van der Waals surface area contributed by atoms with Crippen LogP contribution >= 0.6 is 21.6 Å². The molecular formula is C18H19F2N5OS2. The minimum Gasteiger partial charge on any atom is -0.382 e. The molecule has 3 aromatic rings. The van der Waals surface area contributed by atoms with Crippen LogP contribution in [0.15, 0.2) is 49.4 Å². The predicted octanol–water partition coefficient (Wildman–Crippen LogP) is 3.25. The van der Waals surface area contributed by atoms with Gasteiger partial charge in [0.05, 0.1) is 12.2 Å². The highest BCUT2D eigenvalue weighted by Crippen LogP contribution is 2.41. The Morgan fingerprint density at radius 3 is 2.79 bits per heavy atom. The second kappa shape index (κ2) is 9.44. The molecule has 2 aromatic heterocycles. The topological polar surface area (TPSA) is 76.7 Å². The maximum atomic E-state index is 14.5. The van der Waals surface area contributed by atoms with Gasteiger partial charge in [0.15, 0.2) is 0 Å². The molecule has 3 rings (SSSR count). The number of hydrogen-bond donors (Lipinski definition) is 1. The molecule has 28 heavy (non-hydrogen) atoms. The Morgan fingerprint density at radius 2 is 2.11 bits per heavy atom. The first kappa shape index (κ1) is 20.7. The van der Waals surface area contributed by atoms with E-state index >= 15 is 0 Å². The first-order chi connectivity index (χ1) is 13.5. The van der Waals surface area contributed by atoms with E-state index in [0.29, 0.717) is 0 Å². The third kappa shape index (κ3) is 5.06. The molecule has 0 spiro atoms. The average molecular weight is 424 g/mol. The second-order valence-electron chi connectivity index (χ2n) is 6.15. The van der Waals surface area contributed by atoms with Crippen LogP contribution < -0.4 is 0 Å². The van der Waals surface area contributed by atoms with Gasteiger partial charge < -0.3 is 5.11 Å². The molecule has 0 aliphatic carbocycles. The van der Waals surface area contributed by atoms with Crippen molar-refractivity contribution < 1.29 is 13.9 Å². The molecule has 0 fully saturated rings. The zero-order valence-corrected chi connectivity index (χ0v) is 16.7. The highest BCUT2D eigenvalue weighted by Gasteiger charge is 2.39. The van der Waals surface area contributed by atoms with Gasteiger partial charge in [0.1, 0.15) is 29.9 Å². The van der Waals surface area contributed by atoms with Crippen molar-refractivity contribution in [3.05, 3.63) is 72.3 Å². The summed E-state index contributed by atoms with van der Waals surface area (Å²) >= 11 is 0. The highest BCUT2D eigenvalue weighted by atomic mass is 33.1. The smallest absolute Gasteiger partial charge is 0.137 e. The molecule has 148 valence electrons. The van der Waals surface area contributed by atoms with Crippen molar-refractivity contribution in [3.8, 4) is 0 Å². The van der Waals surface area contributed by atoms with Crippen LogP contribution in [0, 0.1) is 11.6 Å². The summed E-state index contributed by atoms with van der Waals surface area (Å²) in [4.78, 5) is 12.1. The van der Waals surface area contributed by atoms with Gasteiger partial charge in [0.25, 0.3) is 0 Å². The van der Waals surface area contributed by atoms with Crippen LogP contribution in [0.3, 0.4) is 0 Å². The fourth-order valence-electron chi connectivity index (χ4n) is 2.67. The lowest BCUT2D eigenvalue weighted by molar-refractivity contribution is 0.0137. The number of nitrogens with zero attached hydrogens (tertiary/aromatic N) is 5. The summed E-state index contributed by atoms with van der Waals surface area (Å²) in [6, 6.07) is 3.20. The molecule has 0 amide bonds. The number of benzene rings is 1. The van der Waals surface area contributed by atoms with Gasteiger partial charge in [-0.15, -0.1) is 0 Å². The van der Waals surface area contributed by atoms with Gasteiger partial charge in [-0.3, -0.25) is 9.97 Å². The largest absolute Gasteiger partial charge is 0.382 e. The zero-order chi connectivity index (χ0) is 20.0. The molecule has 2 heterocycles. The fraction of sp³-hybridized carbons (Fsp3) is 0.333. The van der Waals surface area contributed by atoms with Crippen molar-refractivity contribution in [1.29, 1.82) is 0 Å². The summed E-state index contributed by atoms with van der Waals surface area (Å²) in [6.07, 6.45) is 8.49. The van der Waals surface area contributed by atoms with Gasteiger partial charge in [-0.1, -0.05) is 27.7 Å². The van der Waals surface area contributed by atoms with Gasteiger partial charge in [0, 0.05) is 47.6 Å². The average Bonchev–Trinajstić information content (AvgIpc) is 3.18. The van der Waals surface area contributed by atoms with Crippen molar-refractivity contribution in [3.63, 3.8) is 0 Å². The van der Waals surface area contributed by atoms with Gasteiger partial charge in [-0.2, -0.15) is 5.10 Å². The molecule has 0 saturated heterocycles. The second-order valence-corrected chi connectivity index (χ2v) is 8.98. The normalized spacial score (nSPS) is 14.6.